The highest BCUT2D eigenvalue weighted by Crippen LogP contribution is 2.22. The van der Waals surface area contributed by atoms with Crippen LogP contribution in [0.2, 0.25) is 0 Å². The van der Waals surface area contributed by atoms with Crippen molar-refractivity contribution in [2.45, 2.75) is 0 Å². The molecule has 2 aromatic carbocycles. The maximum absolute atomic E-state index is 12.0. The molecule has 0 aliphatic carbocycles. The third kappa shape index (κ3) is 4.94. The van der Waals surface area contributed by atoms with Crippen LogP contribution in [0.25, 0.3) is 0 Å². The van der Waals surface area contributed by atoms with E-state index in [9.17, 15) is 25.0 Å². The molecule has 0 atom stereocenters. The Morgan fingerprint density at radius 3 is 2.00 bits per heavy atom. The highest BCUT2D eigenvalue weighted by atomic mass is 32.1. The first kappa shape index (κ1) is 17.7. The summed E-state index contributed by atoms with van der Waals surface area (Å²) in [5.74, 6) is -0.816. The summed E-state index contributed by atoms with van der Waals surface area (Å²) in [5.41, 5.74) is 3.92. The fourth-order valence-corrected chi connectivity index (χ4v) is 1.98. The first-order valence-electron chi connectivity index (χ1n) is 6.73. The Bertz CT molecular complexity index is 811. The molecule has 0 saturated carbocycles. The van der Waals surface area contributed by atoms with Crippen LogP contribution in [0, 0.1) is 20.2 Å². The van der Waals surface area contributed by atoms with Crippen LogP contribution < -0.4 is 16.2 Å². The van der Waals surface area contributed by atoms with Crippen molar-refractivity contribution < 1.29 is 14.6 Å². The van der Waals surface area contributed by atoms with Crippen molar-refractivity contribution in [1.82, 2.24) is 10.9 Å². The van der Waals surface area contributed by atoms with Gasteiger partial charge in [0.2, 0.25) is 0 Å². The second-order valence-electron chi connectivity index (χ2n) is 4.65. The summed E-state index contributed by atoms with van der Waals surface area (Å²) in [6.45, 7) is 0. The quantitative estimate of drug-likeness (QED) is 0.427. The van der Waals surface area contributed by atoms with E-state index in [4.69, 9.17) is 12.2 Å². The van der Waals surface area contributed by atoms with Gasteiger partial charge in [0, 0.05) is 17.8 Å². The van der Waals surface area contributed by atoms with Crippen molar-refractivity contribution in [2.75, 3.05) is 5.32 Å². The molecule has 0 radical (unpaired) electrons. The summed E-state index contributed by atoms with van der Waals surface area (Å²) in [5, 5.41) is 24.5. The number of carbonyl (C=O) groups excluding carboxylic acids is 1. The summed E-state index contributed by atoms with van der Waals surface area (Å²) in [6.07, 6.45) is 0. The van der Waals surface area contributed by atoms with Gasteiger partial charge in [0.15, 0.2) is 5.11 Å². The predicted molar refractivity (Wildman–Crippen MR) is 93.0 cm³/mol. The number of nitro benzene ring substituents is 2. The first-order valence-corrected chi connectivity index (χ1v) is 7.14. The fraction of sp³-hybridized carbons (Fsp3) is 0. The van der Waals surface area contributed by atoms with Crippen molar-refractivity contribution in [1.29, 1.82) is 0 Å². The van der Waals surface area contributed by atoms with E-state index in [1.165, 1.54) is 0 Å². The molecule has 0 fully saturated rings. The van der Waals surface area contributed by atoms with Crippen molar-refractivity contribution in [3.63, 3.8) is 0 Å². The Morgan fingerprint density at radius 1 is 0.920 bits per heavy atom. The van der Waals surface area contributed by atoms with Crippen LogP contribution in [0.4, 0.5) is 17.1 Å². The van der Waals surface area contributed by atoms with Gasteiger partial charge in [-0.1, -0.05) is 18.2 Å². The zero-order valence-corrected chi connectivity index (χ0v) is 13.3. The molecule has 11 heteroatoms. The Kier molecular flexibility index (Phi) is 5.53. The highest BCUT2D eigenvalue weighted by Gasteiger charge is 2.19. The van der Waals surface area contributed by atoms with Crippen LogP contribution >= 0.6 is 12.2 Å². The van der Waals surface area contributed by atoms with Crippen LogP contribution in [0.1, 0.15) is 10.4 Å². The molecule has 3 N–H and O–H groups in total. The maximum Gasteiger partial charge on any atom is 0.277 e. The number of benzene rings is 2. The second kappa shape index (κ2) is 7.79. The lowest BCUT2D eigenvalue weighted by Crippen LogP contribution is -2.43. The number of non-ortho nitro benzene ring substituents is 2. The van der Waals surface area contributed by atoms with E-state index in [-0.39, 0.29) is 10.7 Å². The summed E-state index contributed by atoms with van der Waals surface area (Å²) >= 11 is 4.99. The van der Waals surface area contributed by atoms with Crippen LogP contribution in [0.5, 0.6) is 0 Å². The Morgan fingerprint density at radius 2 is 1.48 bits per heavy atom. The number of carbonyl (C=O) groups is 1. The third-order valence-electron chi connectivity index (χ3n) is 2.91. The van der Waals surface area contributed by atoms with E-state index in [0.717, 1.165) is 18.2 Å². The number of hydrogen-bond acceptors (Lipinski definition) is 6. The van der Waals surface area contributed by atoms with Crippen LogP contribution in [-0.2, 0) is 0 Å². The Labute approximate surface area is 146 Å². The average molecular weight is 361 g/mol. The summed E-state index contributed by atoms with van der Waals surface area (Å²) in [6, 6.07) is 11.5. The number of nitro groups is 2. The van der Waals surface area contributed by atoms with E-state index >= 15 is 0 Å². The zero-order valence-electron chi connectivity index (χ0n) is 12.5. The van der Waals surface area contributed by atoms with Crippen molar-refractivity contribution >= 4 is 40.3 Å². The minimum absolute atomic E-state index is 0.0690. The minimum Gasteiger partial charge on any atom is -0.331 e. The summed E-state index contributed by atoms with van der Waals surface area (Å²) < 4.78 is 0. The monoisotopic (exact) mass is 361 g/mol. The molecule has 0 saturated heterocycles. The molecule has 0 aromatic heterocycles. The fourth-order valence-electron chi connectivity index (χ4n) is 1.81. The molecule has 0 unspecified atom stereocenters. The number of nitrogens with one attached hydrogen (secondary N) is 3. The molecule has 0 aliphatic heterocycles. The SMILES string of the molecule is O=C(NNC(=S)Nc1ccccc1)c1cc([N+](=O)[O-])cc([N+](=O)[O-])c1. The summed E-state index contributed by atoms with van der Waals surface area (Å²) in [4.78, 5) is 32.1. The molecule has 25 heavy (non-hydrogen) atoms. The van der Waals surface area contributed by atoms with E-state index in [1.54, 1.807) is 24.3 Å². The van der Waals surface area contributed by atoms with Gasteiger partial charge < -0.3 is 5.32 Å². The second-order valence-corrected chi connectivity index (χ2v) is 5.06. The zero-order chi connectivity index (χ0) is 18.4. The van der Waals surface area contributed by atoms with E-state index in [2.05, 4.69) is 16.2 Å². The molecular formula is C14H11N5O5S. The highest BCUT2D eigenvalue weighted by molar-refractivity contribution is 7.80. The van der Waals surface area contributed by atoms with Crippen molar-refractivity contribution in [3.8, 4) is 0 Å². The molecule has 1 amide bonds. The lowest BCUT2D eigenvalue weighted by molar-refractivity contribution is -0.394. The molecule has 2 aromatic rings. The number of para-hydroxylation sites is 1. The lowest BCUT2D eigenvalue weighted by Gasteiger charge is -2.11. The van der Waals surface area contributed by atoms with Gasteiger partial charge in [0.05, 0.1) is 21.5 Å². The van der Waals surface area contributed by atoms with Crippen LogP contribution in [0.15, 0.2) is 48.5 Å². The minimum atomic E-state index is -0.821. The number of nitrogens with zero attached hydrogens (tertiary/aromatic N) is 2. The molecule has 0 aliphatic rings. The third-order valence-corrected chi connectivity index (χ3v) is 3.11. The molecular weight excluding hydrogens is 350 g/mol. The van der Waals surface area contributed by atoms with Gasteiger partial charge in [-0.2, -0.15) is 0 Å². The largest absolute Gasteiger partial charge is 0.331 e. The number of amides is 1. The number of hydrogen-bond donors (Lipinski definition) is 3. The predicted octanol–water partition coefficient (Wildman–Crippen LogP) is 2.13. The Balaban J connectivity index is 2.06. The van der Waals surface area contributed by atoms with Crippen LogP contribution in [-0.4, -0.2) is 20.9 Å². The van der Waals surface area contributed by atoms with Gasteiger partial charge in [-0.15, -0.1) is 0 Å². The van der Waals surface area contributed by atoms with E-state index < -0.39 is 27.1 Å². The maximum atomic E-state index is 12.0. The van der Waals surface area contributed by atoms with Gasteiger partial charge >= 0.3 is 0 Å². The van der Waals surface area contributed by atoms with Gasteiger partial charge in [-0.05, 0) is 24.4 Å². The molecule has 128 valence electrons. The molecule has 2 rings (SSSR count). The molecule has 0 spiro atoms. The van der Waals surface area contributed by atoms with Crippen molar-refractivity contribution in [3.05, 3.63) is 74.3 Å². The Hall–Kier alpha value is -3.60. The molecule has 0 bridgehead atoms. The number of thiocarbonyl (C=S) groups is 1. The first-order chi connectivity index (χ1) is 11.9. The summed E-state index contributed by atoms with van der Waals surface area (Å²) in [7, 11) is 0. The van der Waals surface area contributed by atoms with E-state index in [0.29, 0.717) is 5.69 Å². The van der Waals surface area contributed by atoms with Gasteiger partial charge in [0.25, 0.3) is 17.3 Å². The number of anilines is 1. The van der Waals surface area contributed by atoms with Crippen LogP contribution in [0.3, 0.4) is 0 Å². The number of hydrazine groups is 1. The topological polar surface area (TPSA) is 139 Å². The molecule has 0 heterocycles. The van der Waals surface area contributed by atoms with Gasteiger partial charge in [0.1, 0.15) is 0 Å². The average Bonchev–Trinajstić information content (AvgIpc) is 2.60. The van der Waals surface area contributed by atoms with Crippen molar-refractivity contribution in [2.24, 2.45) is 0 Å². The lowest BCUT2D eigenvalue weighted by atomic mass is 10.1. The van der Waals surface area contributed by atoms with Gasteiger partial charge in [-0.3, -0.25) is 35.9 Å². The standard InChI is InChI=1S/C14H11N5O5S/c20-13(16-17-14(25)15-10-4-2-1-3-5-10)9-6-11(18(21)22)8-12(7-9)19(23)24/h1-8H,(H,16,20)(H2,15,17,25). The van der Waals surface area contributed by atoms with E-state index in [1.807, 2.05) is 6.07 Å². The van der Waals surface area contributed by atoms with Gasteiger partial charge in [-0.25, -0.2) is 0 Å². The number of rotatable bonds is 4. The molecule has 10 nitrogen and oxygen atoms in total. The normalized spacial score (nSPS) is 9.76. The smallest absolute Gasteiger partial charge is 0.277 e.